The van der Waals surface area contributed by atoms with Gasteiger partial charge in [-0.3, -0.25) is 4.79 Å². The van der Waals surface area contributed by atoms with E-state index >= 15 is 0 Å². The quantitative estimate of drug-likeness (QED) is 0.859. The van der Waals surface area contributed by atoms with Gasteiger partial charge in [0.05, 0.1) is 5.54 Å². The van der Waals surface area contributed by atoms with E-state index in [0.717, 1.165) is 32.2 Å². The van der Waals surface area contributed by atoms with Crippen molar-refractivity contribution in [3.63, 3.8) is 0 Å². The molecular formula is C14H22N2OS. The highest BCUT2D eigenvalue weighted by Gasteiger charge is 2.39. The molecule has 1 aliphatic rings. The molecule has 0 saturated carbocycles. The molecule has 4 heteroatoms. The molecule has 100 valence electrons. The highest BCUT2D eigenvalue weighted by atomic mass is 32.1. The van der Waals surface area contributed by atoms with Gasteiger partial charge in [-0.15, -0.1) is 0 Å². The molecule has 2 atom stereocenters. The molecule has 2 rings (SSSR count). The van der Waals surface area contributed by atoms with Gasteiger partial charge in [-0.25, -0.2) is 0 Å². The summed E-state index contributed by atoms with van der Waals surface area (Å²) in [5.41, 5.74) is 0.987. The first-order chi connectivity index (χ1) is 8.66. The minimum Gasteiger partial charge on any atom is -0.352 e. The van der Waals surface area contributed by atoms with Crippen LogP contribution in [0.2, 0.25) is 0 Å². The van der Waals surface area contributed by atoms with Crippen molar-refractivity contribution in [3.8, 4) is 0 Å². The summed E-state index contributed by atoms with van der Waals surface area (Å²) in [6.07, 6.45) is 3.83. The van der Waals surface area contributed by atoms with E-state index in [1.54, 1.807) is 11.3 Å². The summed E-state index contributed by atoms with van der Waals surface area (Å²) >= 11 is 1.70. The Balaban J connectivity index is 1.90. The average Bonchev–Trinajstić information content (AvgIpc) is 2.99. The standard InChI is InChI=1S/C14H22N2OS/c1-3-14(6-4-7-15-14)13(17)16-11(2)9-12-5-8-18-10-12/h5,8,10-11,15H,3-4,6-7,9H2,1-2H3,(H,16,17). The molecule has 0 bridgehead atoms. The molecular weight excluding hydrogens is 244 g/mol. The summed E-state index contributed by atoms with van der Waals surface area (Å²) in [5.74, 6) is 0.172. The number of hydrogen-bond donors (Lipinski definition) is 2. The number of amides is 1. The van der Waals surface area contributed by atoms with Gasteiger partial charge < -0.3 is 10.6 Å². The summed E-state index contributed by atoms with van der Waals surface area (Å²) in [5, 5.41) is 10.8. The molecule has 0 radical (unpaired) electrons. The molecule has 1 aromatic heterocycles. The Labute approximate surface area is 113 Å². The van der Waals surface area contributed by atoms with E-state index in [0.29, 0.717) is 0 Å². The second kappa shape index (κ2) is 5.85. The first-order valence-corrected chi connectivity index (χ1v) is 7.67. The Morgan fingerprint density at radius 2 is 2.50 bits per heavy atom. The van der Waals surface area contributed by atoms with Crippen molar-refractivity contribution in [2.45, 2.75) is 51.1 Å². The number of rotatable bonds is 5. The van der Waals surface area contributed by atoms with Gasteiger partial charge in [0.1, 0.15) is 0 Å². The number of thiophene rings is 1. The second-order valence-corrected chi connectivity index (χ2v) is 5.96. The molecule has 2 heterocycles. The van der Waals surface area contributed by atoms with E-state index in [-0.39, 0.29) is 17.5 Å². The van der Waals surface area contributed by atoms with Crippen LogP contribution in [0.4, 0.5) is 0 Å². The summed E-state index contributed by atoms with van der Waals surface area (Å²) in [4.78, 5) is 12.4. The van der Waals surface area contributed by atoms with Crippen LogP contribution in [0.5, 0.6) is 0 Å². The van der Waals surface area contributed by atoms with Crippen molar-refractivity contribution in [2.24, 2.45) is 0 Å². The van der Waals surface area contributed by atoms with E-state index in [9.17, 15) is 4.79 Å². The zero-order chi connectivity index (χ0) is 13.0. The van der Waals surface area contributed by atoms with Crippen LogP contribution < -0.4 is 10.6 Å². The monoisotopic (exact) mass is 266 g/mol. The maximum atomic E-state index is 12.4. The molecule has 0 spiro atoms. The highest BCUT2D eigenvalue weighted by molar-refractivity contribution is 7.07. The SMILES string of the molecule is CCC1(C(=O)NC(C)Cc2ccsc2)CCCN1. The van der Waals surface area contributed by atoms with Crippen LogP contribution >= 0.6 is 11.3 Å². The van der Waals surface area contributed by atoms with Gasteiger partial charge in [-0.05, 0) is 61.5 Å². The third-order valence-corrected chi connectivity index (χ3v) is 4.51. The first kappa shape index (κ1) is 13.6. The van der Waals surface area contributed by atoms with Gasteiger partial charge in [-0.2, -0.15) is 11.3 Å². The smallest absolute Gasteiger partial charge is 0.240 e. The number of nitrogens with one attached hydrogen (secondary N) is 2. The van der Waals surface area contributed by atoms with Crippen LogP contribution in [0, 0.1) is 0 Å². The van der Waals surface area contributed by atoms with Gasteiger partial charge in [0.15, 0.2) is 0 Å². The molecule has 0 aliphatic carbocycles. The van der Waals surface area contributed by atoms with Crippen molar-refractivity contribution in [1.82, 2.24) is 10.6 Å². The predicted octanol–water partition coefficient (Wildman–Crippen LogP) is 2.33. The Hall–Kier alpha value is -0.870. The molecule has 3 nitrogen and oxygen atoms in total. The lowest BCUT2D eigenvalue weighted by Crippen LogP contribution is -2.55. The Bertz CT molecular complexity index is 383. The number of carbonyl (C=O) groups is 1. The minimum absolute atomic E-state index is 0.172. The van der Waals surface area contributed by atoms with Crippen molar-refractivity contribution in [3.05, 3.63) is 22.4 Å². The van der Waals surface area contributed by atoms with Crippen molar-refractivity contribution >= 4 is 17.2 Å². The van der Waals surface area contributed by atoms with E-state index in [4.69, 9.17) is 0 Å². The zero-order valence-corrected chi connectivity index (χ0v) is 12.0. The fourth-order valence-electron chi connectivity index (χ4n) is 2.64. The normalized spacial score (nSPS) is 25.0. The van der Waals surface area contributed by atoms with Gasteiger partial charge in [0, 0.05) is 6.04 Å². The van der Waals surface area contributed by atoms with E-state index < -0.39 is 0 Å². The first-order valence-electron chi connectivity index (χ1n) is 6.73. The zero-order valence-electron chi connectivity index (χ0n) is 11.2. The molecule has 2 unspecified atom stereocenters. The molecule has 18 heavy (non-hydrogen) atoms. The molecule has 2 N–H and O–H groups in total. The van der Waals surface area contributed by atoms with Crippen LogP contribution in [0.15, 0.2) is 16.8 Å². The van der Waals surface area contributed by atoms with Crippen LogP contribution in [-0.2, 0) is 11.2 Å². The molecule has 1 fully saturated rings. The van der Waals surface area contributed by atoms with E-state index in [2.05, 4.69) is 41.3 Å². The lowest BCUT2D eigenvalue weighted by Gasteiger charge is -2.28. The summed E-state index contributed by atoms with van der Waals surface area (Å²) < 4.78 is 0. The third kappa shape index (κ3) is 2.93. The Morgan fingerprint density at radius 1 is 1.67 bits per heavy atom. The van der Waals surface area contributed by atoms with E-state index in [1.807, 2.05) is 0 Å². The van der Waals surface area contributed by atoms with E-state index in [1.165, 1.54) is 5.56 Å². The van der Waals surface area contributed by atoms with Gasteiger partial charge >= 0.3 is 0 Å². The molecule has 1 aromatic rings. The fourth-order valence-corrected chi connectivity index (χ4v) is 3.32. The maximum Gasteiger partial charge on any atom is 0.240 e. The van der Waals surface area contributed by atoms with Crippen molar-refractivity contribution < 1.29 is 4.79 Å². The fraction of sp³-hybridized carbons (Fsp3) is 0.643. The summed E-state index contributed by atoms with van der Waals surface area (Å²) in [6.45, 7) is 5.12. The van der Waals surface area contributed by atoms with Crippen molar-refractivity contribution in [2.75, 3.05) is 6.54 Å². The van der Waals surface area contributed by atoms with Gasteiger partial charge in [0.2, 0.25) is 5.91 Å². The third-order valence-electron chi connectivity index (χ3n) is 3.78. The number of hydrogen-bond acceptors (Lipinski definition) is 3. The lowest BCUT2D eigenvalue weighted by molar-refractivity contribution is -0.127. The summed E-state index contributed by atoms with van der Waals surface area (Å²) in [6, 6.07) is 2.31. The highest BCUT2D eigenvalue weighted by Crippen LogP contribution is 2.23. The molecule has 1 amide bonds. The Kier molecular flexibility index (Phi) is 4.40. The lowest BCUT2D eigenvalue weighted by atomic mass is 9.92. The summed E-state index contributed by atoms with van der Waals surface area (Å²) in [7, 11) is 0. The minimum atomic E-state index is -0.317. The molecule has 0 aromatic carbocycles. The average molecular weight is 266 g/mol. The largest absolute Gasteiger partial charge is 0.352 e. The maximum absolute atomic E-state index is 12.4. The van der Waals surface area contributed by atoms with Crippen LogP contribution in [0.1, 0.15) is 38.7 Å². The molecule has 1 saturated heterocycles. The van der Waals surface area contributed by atoms with Gasteiger partial charge in [-0.1, -0.05) is 6.92 Å². The van der Waals surface area contributed by atoms with Crippen LogP contribution in [-0.4, -0.2) is 24.0 Å². The molecule has 1 aliphatic heterocycles. The van der Waals surface area contributed by atoms with Crippen LogP contribution in [0.25, 0.3) is 0 Å². The van der Waals surface area contributed by atoms with Crippen LogP contribution in [0.3, 0.4) is 0 Å². The topological polar surface area (TPSA) is 41.1 Å². The Morgan fingerprint density at radius 3 is 3.06 bits per heavy atom. The number of carbonyl (C=O) groups excluding carboxylic acids is 1. The predicted molar refractivity (Wildman–Crippen MR) is 75.9 cm³/mol. The van der Waals surface area contributed by atoms with Gasteiger partial charge in [0.25, 0.3) is 0 Å². The second-order valence-electron chi connectivity index (χ2n) is 5.18. The van der Waals surface area contributed by atoms with Crippen molar-refractivity contribution in [1.29, 1.82) is 0 Å².